The number of alkyl halides is 2. The van der Waals surface area contributed by atoms with Crippen LogP contribution in [0.4, 0.5) is 4.39 Å². The molecule has 0 unspecified atom stereocenters. The van der Waals surface area contributed by atoms with Crippen LogP contribution in [0.25, 0.3) is 43.6 Å². The summed E-state index contributed by atoms with van der Waals surface area (Å²) < 4.78 is 38.8. The number of benzene rings is 4. The summed E-state index contributed by atoms with van der Waals surface area (Å²) in [6, 6.07) is 41.1. The molecule has 4 aromatic carbocycles. The van der Waals surface area contributed by atoms with Gasteiger partial charge in [0.2, 0.25) is 5.52 Å². The molecule has 0 radical (unpaired) electrons. The first kappa shape index (κ1) is 42.5. The van der Waals surface area contributed by atoms with E-state index in [4.69, 9.17) is 20.0 Å². The van der Waals surface area contributed by atoms with Crippen molar-refractivity contribution in [2.24, 2.45) is 0 Å². The van der Waals surface area contributed by atoms with Gasteiger partial charge in [0.1, 0.15) is 0 Å². The summed E-state index contributed by atoms with van der Waals surface area (Å²) in [6.45, 7) is 0.775. The molecule has 0 fully saturated rings. The van der Waals surface area contributed by atoms with Crippen molar-refractivity contribution >= 4 is 84.7 Å². The highest BCUT2D eigenvalue weighted by Gasteiger charge is 2.20. The van der Waals surface area contributed by atoms with Gasteiger partial charge in [0, 0.05) is 86.2 Å². The molecule has 0 saturated carbocycles. The maximum atomic E-state index is 9.96. The molecule has 0 spiro atoms. The molecule has 8 aromatic rings. The maximum Gasteiger partial charge on any atom is 0.493 e. The van der Waals surface area contributed by atoms with Crippen molar-refractivity contribution in [3.05, 3.63) is 157 Å². The minimum atomic E-state index is -1.00. The van der Waals surface area contributed by atoms with Crippen LogP contribution in [0.2, 0.25) is 0 Å². The van der Waals surface area contributed by atoms with E-state index in [0.717, 1.165) is 50.1 Å². The van der Waals surface area contributed by atoms with Gasteiger partial charge in [0.15, 0.2) is 12.7 Å². The highest BCUT2D eigenvalue weighted by Crippen LogP contribution is 2.22. The van der Waals surface area contributed by atoms with Crippen LogP contribution in [0.15, 0.2) is 146 Å². The first-order valence-corrected chi connectivity index (χ1v) is 18.5. The van der Waals surface area contributed by atoms with Gasteiger partial charge in [-0.05, 0) is 59.0 Å². The molecule has 0 atom stereocenters. The quantitative estimate of drug-likeness (QED) is 0.0905. The van der Waals surface area contributed by atoms with E-state index in [2.05, 4.69) is 108 Å². The Labute approximate surface area is 348 Å². The third kappa shape index (κ3) is 11.0. The van der Waals surface area contributed by atoms with E-state index in [-0.39, 0.29) is 31.2 Å². The molecular weight excluding hydrogens is 837 g/mol. The summed E-state index contributed by atoms with van der Waals surface area (Å²) in [5.74, 6) is 0. The van der Waals surface area contributed by atoms with Crippen LogP contribution in [0.5, 0.6) is 0 Å². The van der Waals surface area contributed by atoms with Gasteiger partial charge in [-0.15, -0.1) is 0 Å². The fourth-order valence-electron chi connectivity index (χ4n) is 6.36. The monoisotopic (exact) mass is 879 g/mol. The Kier molecular flexibility index (Phi) is 17.3. The van der Waals surface area contributed by atoms with Gasteiger partial charge in [0.05, 0.1) is 30.5 Å². The van der Waals surface area contributed by atoms with Crippen LogP contribution >= 0.6 is 15.9 Å². The number of hydrogen-bond acceptors (Lipinski definition) is 7. The van der Waals surface area contributed by atoms with Crippen LogP contribution in [0.1, 0.15) is 12.5 Å². The highest BCUT2D eigenvalue weighted by molar-refractivity contribution is 9.08. The van der Waals surface area contributed by atoms with Crippen molar-refractivity contribution in [1.82, 2.24) is 15.0 Å². The van der Waals surface area contributed by atoms with Gasteiger partial charge in [-0.25, -0.2) is 0 Å². The minimum Gasteiger partial charge on any atom is -1.00 e. The van der Waals surface area contributed by atoms with Crippen molar-refractivity contribution in [2.45, 2.75) is 11.9 Å². The van der Waals surface area contributed by atoms with E-state index in [9.17, 15) is 4.39 Å². The fraction of sp³-hybridized carbons (Fsp3) is 0.163. The van der Waals surface area contributed by atoms with Gasteiger partial charge < -0.3 is 35.6 Å². The summed E-state index contributed by atoms with van der Waals surface area (Å²) in [5.41, 5.74) is 8.73. The molecule has 0 aliphatic heterocycles. The van der Waals surface area contributed by atoms with Crippen LogP contribution < -0.4 is 32.5 Å². The molecular formula is C43H43B2Br2FN4O4. The Balaban J connectivity index is 0.000000197. The first-order chi connectivity index (χ1) is 27.5. The second-order valence-corrected chi connectivity index (χ2v) is 12.7. The molecule has 0 aliphatic rings. The molecule has 0 N–H and O–H groups in total. The predicted molar refractivity (Wildman–Crippen MR) is 227 cm³/mol. The molecule has 0 bridgehead atoms. The number of hydrogen-bond donors (Lipinski definition) is 0. The van der Waals surface area contributed by atoms with Crippen LogP contribution in [-0.4, -0.2) is 64.8 Å². The fourth-order valence-corrected chi connectivity index (χ4v) is 6.71. The van der Waals surface area contributed by atoms with E-state index >= 15 is 0 Å². The standard InChI is InChI=1S/C21H20BN2O2.C12H8N2.C9H12BBrO2.CH3F.BrH/c1-25-22(26-2)17-7-3-6-16(14-17)15-24-13-5-9-19-18-8-4-12-23-20(18)10-11-21(19)24;1-3-9-10-4-2-8-14-12(10)6-5-11(9)13-7-1;1-12-10(13-2)9-5-3-4-8(6-9)7-11;1-2;/h3-14H,15H2,1-2H3;1-8H;3-6H,7H2,1-2H3;1H3;1H/q+1;;;;/p-1/i;;;1D;. The van der Waals surface area contributed by atoms with Gasteiger partial charge in [0.25, 0.3) is 0 Å². The molecule has 286 valence electrons. The summed E-state index contributed by atoms with van der Waals surface area (Å²) in [5, 5.41) is 5.56. The second kappa shape index (κ2) is 22.8. The van der Waals surface area contributed by atoms with E-state index in [0.29, 0.717) is 0 Å². The topological polar surface area (TPSA) is 79.5 Å². The zero-order valence-electron chi connectivity index (χ0n) is 32.7. The Morgan fingerprint density at radius 1 is 0.589 bits per heavy atom. The van der Waals surface area contributed by atoms with Crippen LogP contribution in [0, 0.1) is 0 Å². The average Bonchev–Trinajstić information content (AvgIpc) is 3.25. The summed E-state index contributed by atoms with van der Waals surface area (Å²) in [7, 11) is 4.96. The minimum absolute atomic E-state index is 0. The molecule has 0 amide bonds. The Morgan fingerprint density at radius 3 is 1.50 bits per heavy atom. The van der Waals surface area contributed by atoms with E-state index in [1.807, 2.05) is 73.2 Å². The smallest absolute Gasteiger partial charge is 0.493 e. The Hall–Kier alpha value is -4.62. The number of fused-ring (bicyclic) bond motifs is 6. The third-order valence-corrected chi connectivity index (χ3v) is 9.47. The third-order valence-electron chi connectivity index (χ3n) is 8.82. The lowest BCUT2D eigenvalue weighted by molar-refractivity contribution is -0.662. The van der Waals surface area contributed by atoms with E-state index in [1.54, 1.807) is 28.4 Å². The van der Waals surface area contributed by atoms with Crippen LogP contribution in [0.3, 0.4) is 0 Å². The Morgan fingerprint density at radius 2 is 1.02 bits per heavy atom. The largest absolute Gasteiger partial charge is 1.00 e. The van der Waals surface area contributed by atoms with Crippen LogP contribution in [-0.2, 0) is 30.5 Å². The number of halogens is 3. The zero-order valence-corrected chi connectivity index (χ0v) is 34.9. The number of nitrogens with zero attached hydrogens (tertiary/aromatic N) is 4. The summed E-state index contributed by atoms with van der Waals surface area (Å²) >= 11 is 3.40. The lowest BCUT2D eigenvalue weighted by Gasteiger charge is -2.10. The maximum absolute atomic E-state index is 9.96. The highest BCUT2D eigenvalue weighted by atomic mass is 79.9. The summed E-state index contributed by atoms with van der Waals surface area (Å²) in [4.78, 5) is 13.1. The molecule has 0 saturated heterocycles. The van der Waals surface area contributed by atoms with E-state index in [1.165, 1.54) is 27.4 Å². The van der Waals surface area contributed by atoms with E-state index < -0.39 is 7.15 Å². The molecule has 4 aromatic heterocycles. The zero-order chi connectivity index (χ0) is 39.7. The lowest BCUT2D eigenvalue weighted by Crippen LogP contribution is -3.00. The predicted octanol–water partition coefficient (Wildman–Crippen LogP) is 4.65. The van der Waals surface area contributed by atoms with Crippen molar-refractivity contribution in [3.8, 4) is 0 Å². The SMILES string of the molecule is COB(OC)c1cccc(CBr)c1.COB(OC)c1cccc(C[n+]2cccc3c4cccnc4ccc32)c1.[2H]CF.[Br-].c1cnc2ccc3ncccc3c2c1. The summed E-state index contributed by atoms with van der Waals surface area (Å²) in [6.07, 6.45) is 7.56. The lowest BCUT2D eigenvalue weighted by atomic mass is 9.78. The second-order valence-electron chi connectivity index (χ2n) is 12.1. The van der Waals surface area contributed by atoms with Gasteiger partial charge >= 0.3 is 14.2 Å². The number of pyridine rings is 4. The molecule has 8 nitrogen and oxygen atoms in total. The number of rotatable bonds is 9. The van der Waals surface area contributed by atoms with Gasteiger partial charge in [-0.1, -0.05) is 82.7 Å². The molecule has 4 heterocycles. The van der Waals surface area contributed by atoms with Crippen molar-refractivity contribution in [3.63, 3.8) is 0 Å². The normalized spacial score (nSPS) is 10.6. The van der Waals surface area contributed by atoms with Gasteiger partial charge in [-0.2, -0.15) is 4.57 Å². The molecule has 13 heteroatoms. The number of aromatic nitrogens is 4. The molecule has 56 heavy (non-hydrogen) atoms. The van der Waals surface area contributed by atoms with Crippen molar-refractivity contribution in [2.75, 3.05) is 35.6 Å². The molecule has 0 aliphatic carbocycles. The molecule has 8 rings (SSSR count). The Bertz CT molecular complexity index is 2410. The first-order valence-electron chi connectivity index (χ1n) is 18.1. The average molecular weight is 881 g/mol. The van der Waals surface area contributed by atoms with Crippen molar-refractivity contribution in [1.29, 1.82) is 0 Å². The van der Waals surface area contributed by atoms with Crippen molar-refractivity contribution < 1.29 is 45.9 Å². The van der Waals surface area contributed by atoms with Gasteiger partial charge in [-0.3, -0.25) is 19.3 Å².